The Kier molecular flexibility index (Phi) is 6.56. The molecule has 0 aromatic carbocycles. The summed E-state index contributed by atoms with van der Waals surface area (Å²) < 4.78 is 10.1. The van der Waals surface area contributed by atoms with Crippen molar-refractivity contribution in [2.75, 3.05) is 12.4 Å². The molecule has 1 N–H and O–H groups in total. The number of carboxylic acids is 1. The van der Waals surface area contributed by atoms with Crippen molar-refractivity contribution in [2.24, 2.45) is 5.92 Å². The Labute approximate surface area is 107 Å². The molecule has 0 rings (SSSR count). The van der Waals surface area contributed by atoms with Gasteiger partial charge in [0.05, 0.1) is 18.1 Å². The van der Waals surface area contributed by atoms with Gasteiger partial charge in [-0.2, -0.15) is 12.6 Å². The number of aliphatic carboxylic acids is 1. The second-order valence-corrected chi connectivity index (χ2v) is 5.14. The quantitative estimate of drug-likeness (QED) is 0.560. The zero-order valence-corrected chi connectivity index (χ0v) is 11.5. The second-order valence-electron chi connectivity index (χ2n) is 4.77. The Morgan fingerprint density at radius 1 is 1.35 bits per heavy atom. The zero-order valence-electron chi connectivity index (χ0n) is 10.6. The molecule has 0 saturated heterocycles. The highest BCUT2D eigenvalue weighted by atomic mass is 32.1. The van der Waals surface area contributed by atoms with Crippen LogP contribution in [-0.2, 0) is 19.1 Å². The number of ether oxygens (including phenoxy) is 2. The van der Waals surface area contributed by atoms with Crippen LogP contribution in [0.25, 0.3) is 0 Å². The van der Waals surface area contributed by atoms with Crippen molar-refractivity contribution in [3.05, 3.63) is 0 Å². The van der Waals surface area contributed by atoms with Crippen LogP contribution in [0, 0.1) is 5.92 Å². The van der Waals surface area contributed by atoms with Crippen molar-refractivity contribution in [3.63, 3.8) is 0 Å². The van der Waals surface area contributed by atoms with Gasteiger partial charge >= 0.3 is 11.9 Å². The molecule has 0 spiro atoms. The van der Waals surface area contributed by atoms with E-state index >= 15 is 0 Å². The molecule has 5 nitrogen and oxygen atoms in total. The SMILES string of the molecule is C[C@H](CS)C(=O)OC(COC(C)(C)C)C(=O)O. The second kappa shape index (κ2) is 6.86. The molecule has 0 aliphatic heterocycles. The van der Waals surface area contributed by atoms with Crippen molar-refractivity contribution in [3.8, 4) is 0 Å². The number of carbonyl (C=O) groups is 2. The molecule has 0 aromatic rings. The average molecular weight is 264 g/mol. The van der Waals surface area contributed by atoms with E-state index in [0.29, 0.717) is 5.75 Å². The highest BCUT2D eigenvalue weighted by Crippen LogP contribution is 2.10. The predicted octanol–water partition coefficient (Wildman–Crippen LogP) is 1.36. The van der Waals surface area contributed by atoms with E-state index in [1.165, 1.54) is 0 Å². The molecule has 0 saturated carbocycles. The largest absolute Gasteiger partial charge is 0.478 e. The van der Waals surface area contributed by atoms with Crippen LogP contribution in [0.5, 0.6) is 0 Å². The van der Waals surface area contributed by atoms with Gasteiger partial charge in [-0.3, -0.25) is 4.79 Å². The third-order valence-electron chi connectivity index (χ3n) is 1.88. The van der Waals surface area contributed by atoms with Crippen LogP contribution in [0.15, 0.2) is 0 Å². The Morgan fingerprint density at radius 3 is 2.24 bits per heavy atom. The molecular weight excluding hydrogens is 244 g/mol. The van der Waals surface area contributed by atoms with E-state index in [0.717, 1.165) is 0 Å². The fourth-order valence-corrected chi connectivity index (χ4v) is 0.961. The first kappa shape index (κ1) is 16.2. The lowest BCUT2D eigenvalue weighted by Crippen LogP contribution is -2.36. The van der Waals surface area contributed by atoms with E-state index in [-0.39, 0.29) is 6.61 Å². The van der Waals surface area contributed by atoms with Gasteiger partial charge in [-0.05, 0) is 20.8 Å². The van der Waals surface area contributed by atoms with Crippen molar-refractivity contribution in [1.82, 2.24) is 0 Å². The smallest absolute Gasteiger partial charge is 0.347 e. The molecule has 100 valence electrons. The average Bonchev–Trinajstić information content (AvgIpc) is 2.20. The maximum atomic E-state index is 11.4. The van der Waals surface area contributed by atoms with E-state index in [2.05, 4.69) is 12.6 Å². The van der Waals surface area contributed by atoms with Gasteiger partial charge in [-0.15, -0.1) is 0 Å². The molecule has 0 aliphatic carbocycles. The summed E-state index contributed by atoms with van der Waals surface area (Å²) in [5.41, 5.74) is -0.477. The molecule has 2 atom stereocenters. The lowest BCUT2D eigenvalue weighted by molar-refractivity contribution is -0.173. The number of esters is 1. The Hall–Kier alpha value is -0.750. The Balaban J connectivity index is 4.35. The summed E-state index contributed by atoms with van der Waals surface area (Å²) in [5.74, 6) is -1.92. The van der Waals surface area contributed by atoms with Crippen LogP contribution in [0.4, 0.5) is 0 Å². The molecule has 0 aromatic heterocycles. The number of carboxylic acid groups (broad SMARTS) is 1. The van der Waals surface area contributed by atoms with Gasteiger partial charge < -0.3 is 14.6 Å². The maximum absolute atomic E-state index is 11.4. The monoisotopic (exact) mass is 264 g/mol. The van der Waals surface area contributed by atoms with Crippen molar-refractivity contribution in [1.29, 1.82) is 0 Å². The number of thiol groups is 1. The first-order chi connectivity index (χ1) is 7.67. The molecule has 1 unspecified atom stereocenters. The molecule has 0 bridgehead atoms. The minimum absolute atomic E-state index is 0.163. The van der Waals surface area contributed by atoms with Crippen LogP contribution < -0.4 is 0 Å². The first-order valence-electron chi connectivity index (χ1n) is 5.35. The van der Waals surface area contributed by atoms with Crippen molar-refractivity contribution >= 4 is 24.6 Å². The normalized spacial score (nSPS) is 15.1. The topological polar surface area (TPSA) is 72.8 Å². The fraction of sp³-hybridized carbons (Fsp3) is 0.818. The summed E-state index contributed by atoms with van der Waals surface area (Å²) in [6, 6.07) is 0. The highest BCUT2D eigenvalue weighted by Gasteiger charge is 2.26. The lowest BCUT2D eigenvalue weighted by atomic mass is 10.2. The lowest BCUT2D eigenvalue weighted by Gasteiger charge is -2.23. The standard InChI is InChI=1S/C11H20O5S/c1-7(6-17)10(14)16-8(9(12)13)5-15-11(2,3)4/h7-8,17H,5-6H2,1-4H3,(H,12,13)/t7-,8?/m1/s1. The van der Waals surface area contributed by atoms with E-state index in [1.807, 2.05) is 0 Å². The van der Waals surface area contributed by atoms with Gasteiger partial charge in [-0.1, -0.05) is 6.92 Å². The van der Waals surface area contributed by atoms with Crippen LogP contribution in [0.3, 0.4) is 0 Å². The number of rotatable bonds is 6. The third kappa shape index (κ3) is 7.23. The van der Waals surface area contributed by atoms with Crippen molar-refractivity contribution < 1.29 is 24.2 Å². The summed E-state index contributed by atoms with van der Waals surface area (Å²) in [4.78, 5) is 22.3. The number of carbonyl (C=O) groups excluding carboxylic acids is 1. The molecule has 17 heavy (non-hydrogen) atoms. The molecule has 0 fully saturated rings. The minimum atomic E-state index is -1.27. The van der Waals surface area contributed by atoms with E-state index in [9.17, 15) is 9.59 Å². The van der Waals surface area contributed by atoms with E-state index in [1.54, 1.807) is 27.7 Å². The van der Waals surface area contributed by atoms with Gasteiger partial charge in [-0.25, -0.2) is 4.79 Å². The number of hydrogen-bond donors (Lipinski definition) is 2. The van der Waals surface area contributed by atoms with E-state index < -0.39 is 29.6 Å². The van der Waals surface area contributed by atoms with Crippen molar-refractivity contribution in [2.45, 2.75) is 39.4 Å². The summed E-state index contributed by atoms with van der Waals surface area (Å²) >= 11 is 3.95. The third-order valence-corrected chi connectivity index (χ3v) is 2.43. The summed E-state index contributed by atoms with van der Waals surface area (Å²) in [6.07, 6.45) is -1.27. The van der Waals surface area contributed by atoms with Crippen LogP contribution in [0.2, 0.25) is 0 Å². The van der Waals surface area contributed by atoms with E-state index in [4.69, 9.17) is 14.6 Å². The first-order valence-corrected chi connectivity index (χ1v) is 5.98. The van der Waals surface area contributed by atoms with Crippen LogP contribution >= 0.6 is 12.6 Å². The minimum Gasteiger partial charge on any atom is -0.478 e. The Bertz CT molecular complexity index is 272. The summed E-state index contributed by atoms with van der Waals surface area (Å²) in [7, 11) is 0. The van der Waals surface area contributed by atoms with Gasteiger partial charge in [0.2, 0.25) is 6.10 Å². The molecular formula is C11H20O5S. The summed E-state index contributed by atoms with van der Waals surface area (Å²) in [6.45, 7) is 6.85. The van der Waals surface area contributed by atoms with Crippen LogP contribution in [-0.4, -0.2) is 41.1 Å². The summed E-state index contributed by atoms with van der Waals surface area (Å²) in [5, 5.41) is 8.90. The number of hydrogen-bond acceptors (Lipinski definition) is 5. The van der Waals surface area contributed by atoms with Gasteiger partial charge in [0, 0.05) is 5.75 Å². The predicted molar refractivity (Wildman–Crippen MR) is 66.2 cm³/mol. The maximum Gasteiger partial charge on any atom is 0.347 e. The fourth-order valence-electron chi connectivity index (χ4n) is 0.812. The molecule has 0 amide bonds. The molecule has 0 radical (unpaired) electrons. The van der Waals surface area contributed by atoms with Crippen LogP contribution in [0.1, 0.15) is 27.7 Å². The molecule has 6 heteroatoms. The van der Waals surface area contributed by atoms with Gasteiger partial charge in [0.1, 0.15) is 0 Å². The van der Waals surface area contributed by atoms with Gasteiger partial charge in [0.25, 0.3) is 0 Å². The Morgan fingerprint density at radius 2 is 1.88 bits per heavy atom. The van der Waals surface area contributed by atoms with Gasteiger partial charge in [0.15, 0.2) is 0 Å². The molecule has 0 aliphatic rings. The highest BCUT2D eigenvalue weighted by molar-refractivity contribution is 7.80. The molecule has 0 heterocycles. The zero-order chi connectivity index (χ0) is 13.6.